The van der Waals surface area contributed by atoms with E-state index in [0.29, 0.717) is 0 Å². The summed E-state index contributed by atoms with van der Waals surface area (Å²) in [6, 6.07) is 12.8. The molecule has 0 aliphatic heterocycles. The molecule has 2 rings (SSSR count). The van der Waals surface area contributed by atoms with Gasteiger partial charge in [-0.1, -0.05) is 24.3 Å². The van der Waals surface area contributed by atoms with Gasteiger partial charge in [0.25, 0.3) is 0 Å². The van der Waals surface area contributed by atoms with Crippen LogP contribution in [0, 0.1) is 6.92 Å². The summed E-state index contributed by atoms with van der Waals surface area (Å²) < 4.78 is 0. The van der Waals surface area contributed by atoms with E-state index in [2.05, 4.69) is 48.6 Å². The number of benzene rings is 2. The van der Waals surface area contributed by atoms with Crippen molar-refractivity contribution in [2.45, 2.75) is 6.92 Å². The van der Waals surface area contributed by atoms with E-state index >= 15 is 0 Å². The van der Waals surface area contributed by atoms with E-state index in [4.69, 9.17) is 0 Å². The van der Waals surface area contributed by atoms with Crippen LogP contribution in [0.3, 0.4) is 0 Å². The largest absolute Gasteiger partial charge is 0.388 e. The van der Waals surface area contributed by atoms with Crippen molar-refractivity contribution >= 4 is 16.5 Å². The molecule has 1 N–H and O–H groups in total. The van der Waals surface area contributed by atoms with Gasteiger partial charge < -0.3 is 5.32 Å². The van der Waals surface area contributed by atoms with E-state index in [0.717, 1.165) is 5.69 Å². The molecule has 66 valence electrons. The third-order valence-electron chi connectivity index (χ3n) is 2.39. The minimum absolute atomic E-state index is 1.16. The quantitative estimate of drug-likeness (QED) is 0.694. The van der Waals surface area contributed by atoms with Gasteiger partial charge in [-0.2, -0.15) is 0 Å². The molecular weight excluding hydrogens is 158 g/mol. The maximum atomic E-state index is 3.14. The molecule has 2 aromatic carbocycles. The van der Waals surface area contributed by atoms with Crippen LogP contribution in [-0.4, -0.2) is 7.05 Å². The van der Waals surface area contributed by atoms with Gasteiger partial charge in [-0.3, -0.25) is 0 Å². The lowest BCUT2D eigenvalue weighted by atomic mass is 10.1. The van der Waals surface area contributed by atoms with Gasteiger partial charge in [0.05, 0.1) is 0 Å². The van der Waals surface area contributed by atoms with Gasteiger partial charge in [-0.25, -0.2) is 0 Å². The molecule has 1 heteroatoms. The SMILES string of the molecule is CNc1ccc2c(C)cccc2c1. The molecule has 0 bridgehead atoms. The van der Waals surface area contributed by atoms with Crippen LogP contribution in [0.25, 0.3) is 10.8 Å². The van der Waals surface area contributed by atoms with E-state index in [1.165, 1.54) is 16.3 Å². The van der Waals surface area contributed by atoms with Crippen molar-refractivity contribution in [2.24, 2.45) is 0 Å². The Morgan fingerprint density at radius 3 is 2.69 bits per heavy atom. The van der Waals surface area contributed by atoms with E-state index in [9.17, 15) is 0 Å². The lowest BCUT2D eigenvalue weighted by Crippen LogP contribution is -1.87. The zero-order chi connectivity index (χ0) is 9.26. The fourth-order valence-electron chi connectivity index (χ4n) is 1.60. The number of anilines is 1. The Kier molecular flexibility index (Phi) is 1.93. The summed E-state index contributed by atoms with van der Waals surface area (Å²) in [6.45, 7) is 2.14. The Morgan fingerprint density at radius 1 is 1.08 bits per heavy atom. The van der Waals surface area contributed by atoms with E-state index in [-0.39, 0.29) is 0 Å². The van der Waals surface area contributed by atoms with Gasteiger partial charge in [0.1, 0.15) is 0 Å². The number of hydrogen-bond acceptors (Lipinski definition) is 1. The summed E-state index contributed by atoms with van der Waals surface area (Å²) in [5.41, 5.74) is 2.50. The van der Waals surface area contributed by atoms with Crippen LogP contribution in [0.5, 0.6) is 0 Å². The third kappa shape index (κ3) is 1.37. The number of fused-ring (bicyclic) bond motifs is 1. The molecular formula is C12H13N. The van der Waals surface area contributed by atoms with Crippen LogP contribution in [0.1, 0.15) is 5.56 Å². The molecule has 0 fully saturated rings. The Bertz CT molecular complexity index is 432. The average Bonchev–Trinajstić information content (AvgIpc) is 2.18. The molecule has 0 heterocycles. The first-order valence-electron chi connectivity index (χ1n) is 4.48. The second-order valence-electron chi connectivity index (χ2n) is 3.26. The van der Waals surface area contributed by atoms with Crippen LogP contribution >= 0.6 is 0 Å². The van der Waals surface area contributed by atoms with Gasteiger partial charge in [0.15, 0.2) is 0 Å². The highest BCUT2D eigenvalue weighted by molar-refractivity contribution is 5.88. The molecule has 0 atom stereocenters. The van der Waals surface area contributed by atoms with Crippen molar-refractivity contribution < 1.29 is 0 Å². The minimum atomic E-state index is 1.16. The van der Waals surface area contributed by atoms with Crippen molar-refractivity contribution in [1.82, 2.24) is 0 Å². The van der Waals surface area contributed by atoms with Crippen molar-refractivity contribution in [1.29, 1.82) is 0 Å². The zero-order valence-corrected chi connectivity index (χ0v) is 7.96. The first-order chi connectivity index (χ1) is 6.31. The standard InChI is InChI=1S/C12H13N/c1-9-4-3-5-10-8-11(13-2)6-7-12(9)10/h3-8,13H,1-2H3. The number of rotatable bonds is 1. The smallest absolute Gasteiger partial charge is 0.0343 e. The third-order valence-corrected chi connectivity index (χ3v) is 2.39. The predicted octanol–water partition coefficient (Wildman–Crippen LogP) is 3.19. The van der Waals surface area contributed by atoms with Crippen molar-refractivity contribution in [3.63, 3.8) is 0 Å². The Balaban J connectivity index is 2.72. The minimum Gasteiger partial charge on any atom is -0.388 e. The number of aryl methyl sites for hydroxylation is 1. The molecule has 0 saturated heterocycles. The average molecular weight is 171 g/mol. The van der Waals surface area contributed by atoms with Gasteiger partial charge in [-0.05, 0) is 35.4 Å². The fraction of sp³-hybridized carbons (Fsp3) is 0.167. The molecule has 0 saturated carbocycles. The molecule has 0 spiro atoms. The Morgan fingerprint density at radius 2 is 1.92 bits per heavy atom. The predicted molar refractivity (Wildman–Crippen MR) is 58.2 cm³/mol. The summed E-state index contributed by atoms with van der Waals surface area (Å²) in [5, 5.41) is 5.77. The lowest BCUT2D eigenvalue weighted by molar-refractivity contribution is 1.50. The maximum Gasteiger partial charge on any atom is 0.0343 e. The lowest BCUT2D eigenvalue weighted by Gasteiger charge is -2.04. The van der Waals surface area contributed by atoms with Gasteiger partial charge >= 0.3 is 0 Å². The first-order valence-corrected chi connectivity index (χ1v) is 4.48. The zero-order valence-electron chi connectivity index (χ0n) is 7.96. The fourth-order valence-corrected chi connectivity index (χ4v) is 1.60. The Labute approximate surface area is 78.4 Å². The summed E-state index contributed by atoms with van der Waals surface area (Å²) in [5.74, 6) is 0. The van der Waals surface area contributed by atoms with Crippen LogP contribution in [0.15, 0.2) is 36.4 Å². The summed E-state index contributed by atoms with van der Waals surface area (Å²) in [7, 11) is 1.94. The monoisotopic (exact) mass is 171 g/mol. The number of nitrogens with one attached hydrogen (secondary N) is 1. The molecule has 0 radical (unpaired) electrons. The Hall–Kier alpha value is -1.50. The van der Waals surface area contributed by atoms with Crippen LogP contribution in [0.2, 0.25) is 0 Å². The second kappa shape index (κ2) is 3.09. The molecule has 2 aromatic rings. The maximum absolute atomic E-state index is 3.14. The molecule has 0 aromatic heterocycles. The van der Waals surface area contributed by atoms with E-state index in [1.807, 2.05) is 7.05 Å². The van der Waals surface area contributed by atoms with Crippen molar-refractivity contribution in [3.8, 4) is 0 Å². The molecule has 0 amide bonds. The highest BCUT2D eigenvalue weighted by atomic mass is 14.8. The molecule has 0 aliphatic carbocycles. The number of hydrogen-bond donors (Lipinski definition) is 1. The molecule has 13 heavy (non-hydrogen) atoms. The normalized spacial score (nSPS) is 10.3. The first kappa shape index (κ1) is 8.11. The van der Waals surface area contributed by atoms with Crippen LogP contribution in [-0.2, 0) is 0 Å². The highest BCUT2D eigenvalue weighted by Gasteiger charge is 1.96. The second-order valence-corrected chi connectivity index (χ2v) is 3.26. The van der Waals surface area contributed by atoms with E-state index in [1.54, 1.807) is 0 Å². The van der Waals surface area contributed by atoms with Gasteiger partial charge in [-0.15, -0.1) is 0 Å². The van der Waals surface area contributed by atoms with E-state index < -0.39 is 0 Å². The van der Waals surface area contributed by atoms with Crippen LogP contribution in [0.4, 0.5) is 5.69 Å². The molecule has 0 unspecified atom stereocenters. The topological polar surface area (TPSA) is 12.0 Å². The van der Waals surface area contributed by atoms with Crippen molar-refractivity contribution in [3.05, 3.63) is 42.0 Å². The van der Waals surface area contributed by atoms with Gasteiger partial charge in [0.2, 0.25) is 0 Å². The molecule has 1 nitrogen and oxygen atoms in total. The summed E-state index contributed by atoms with van der Waals surface area (Å²) >= 11 is 0. The van der Waals surface area contributed by atoms with Gasteiger partial charge in [0, 0.05) is 12.7 Å². The summed E-state index contributed by atoms with van der Waals surface area (Å²) in [4.78, 5) is 0. The summed E-state index contributed by atoms with van der Waals surface area (Å²) in [6.07, 6.45) is 0. The van der Waals surface area contributed by atoms with Crippen molar-refractivity contribution in [2.75, 3.05) is 12.4 Å². The highest BCUT2D eigenvalue weighted by Crippen LogP contribution is 2.21. The van der Waals surface area contributed by atoms with Crippen LogP contribution < -0.4 is 5.32 Å². The molecule has 0 aliphatic rings.